The topological polar surface area (TPSA) is 81.9 Å². The lowest BCUT2D eigenvalue weighted by Gasteiger charge is -2.30. The molecule has 1 heterocycles. The summed E-state index contributed by atoms with van der Waals surface area (Å²) in [5.41, 5.74) is 7.91. The summed E-state index contributed by atoms with van der Waals surface area (Å²) in [6.07, 6.45) is 1.22. The minimum atomic E-state index is -0.284. The fourth-order valence-electron chi connectivity index (χ4n) is 4.04. The van der Waals surface area contributed by atoms with E-state index in [1.807, 2.05) is 37.3 Å². The van der Waals surface area contributed by atoms with Gasteiger partial charge in [0.1, 0.15) is 18.1 Å². The smallest absolute Gasteiger partial charge is 0.253 e. The first kappa shape index (κ1) is 23.6. The van der Waals surface area contributed by atoms with Gasteiger partial charge in [0, 0.05) is 30.1 Å². The van der Waals surface area contributed by atoms with E-state index < -0.39 is 0 Å². The van der Waals surface area contributed by atoms with Crippen molar-refractivity contribution in [3.05, 3.63) is 59.2 Å². The highest BCUT2D eigenvalue weighted by Gasteiger charge is 2.27. The van der Waals surface area contributed by atoms with E-state index in [1.54, 1.807) is 11.0 Å². The molecule has 3 rings (SSSR count). The number of nitrogens with zero attached hydrogens (tertiary/aromatic N) is 1. The number of likely N-dealkylation sites (tertiary alicyclic amines) is 1. The van der Waals surface area contributed by atoms with Crippen LogP contribution in [-0.4, -0.2) is 36.4 Å². The number of primary amides is 1. The van der Waals surface area contributed by atoms with E-state index in [1.165, 1.54) is 0 Å². The Labute approximate surface area is 190 Å². The van der Waals surface area contributed by atoms with Crippen molar-refractivity contribution < 1.29 is 19.1 Å². The molecular formula is C26H34N2O4. The van der Waals surface area contributed by atoms with E-state index in [0.717, 1.165) is 16.9 Å². The predicted molar refractivity (Wildman–Crippen MR) is 125 cm³/mol. The van der Waals surface area contributed by atoms with Crippen LogP contribution >= 0.6 is 0 Å². The number of benzene rings is 2. The molecule has 2 aromatic carbocycles. The predicted octanol–water partition coefficient (Wildman–Crippen LogP) is 4.30. The Balaban J connectivity index is 1.78. The van der Waals surface area contributed by atoms with Gasteiger partial charge in [0.15, 0.2) is 0 Å². The summed E-state index contributed by atoms with van der Waals surface area (Å²) in [5, 5.41) is 0. The lowest BCUT2D eigenvalue weighted by atomic mass is 9.86. The van der Waals surface area contributed by atoms with E-state index >= 15 is 0 Å². The summed E-state index contributed by atoms with van der Waals surface area (Å²) in [6.45, 7) is 10.3. The maximum Gasteiger partial charge on any atom is 0.253 e. The summed E-state index contributed by atoms with van der Waals surface area (Å²) >= 11 is 0. The van der Waals surface area contributed by atoms with E-state index in [2.05, 4.69) is 26.8 Å². The minimum Gasteiger partial charge on any atom is -0.493 e. The number of hydrogen-bond donors (Lipinski definition) is 1. The van der Waals surface area contributed by atoms with E-state index in [9.17, 15) is 9.59 Å². The fraction of sp³-hybridized carbons (Fsp3) is 0.462. The molecule has 172 valence electrons. The van der Waals surface area contributed by atoms with Crippen LogP contribution in [0.3, 0.4) is 0 Å². The summed E-state index contributed by atoms with van der Waals surface area (Å²) < 4.78 is 12.0. The molecule has 0 atom stereocenters. The van der Waals surface area contributed by atoms with Crippen LogP contribution in [-0.2, 0) is 16.8 Å². The van der Waals surface area contributed by atoms with Crippen LogP contribution < -0.4 is 15.2 Å². The van der Waals surface area contributed by atoms with Gasteiger partial charge in [0.25, 0.3) is 5.91 Å². The zero-order valence-corrected chi connectivity index (χ0v) is 19.5. The van der Waals surface area contributed by atoms with Gasteiger partial charge in [-0.25, -0.2) is 0 Å². The Bertz CT molecular complexity index is 957. The molecule has 2 N–H and O–H groups in total. The summed E-state index contributed by atoms with van der Waals surface area (Å²) in [4.78, 5) is 26.3. The number of amides is 2. The molecule has 2 amide bonds. The molecule has 0 aliphatic carbocycles. The van der Waals surface area contributed by atoms with Crippen LogP contribution in [0.15, 0.2) is 42.5 Å². The largest absolute Gasteiger partial charge is 0.493 e. The van der Waals surface area contributed by atoms with Crippen LogP contribution in [0.25, 0.3) is 0 Å². The quantitative estimate of drug-likeness (QED) is 0.699. The highest BCUT2D eigenvalue weighted by molar-refractivity contribution is 5.94. The van der Waals surface area contributed by atoms with Crippen molar-refractivity contribution in [2.45, 2.75) is 52.6 Å². The van der Waals surface area contributed by atoms with Crippen molar-refractivity contribution >= 4 is 11.8 Å². The third kappa shape index (κ3) is 5.61. The summed E-state index contributed by atoms with van der Waals surface area (Å²) in [5.74, 6) is 1.06. The lowest BCUT2D eigenvalue weighted by Crippen LogP contribution is -2.41. The van der Waals surface area contributed by atoms with Gasteiger partial charge < -0.3 is 20.1 Å². The Kier molecular flexibility index (Phi) is 7.44. The third-order valence-electron chi connectivity index (χ3n) is 5.87. The monoisotopic (exact) mass is 438 g/mol. The molecule has 32 heavy (non-hydrogen) atoms. The second kappa shape index (κ2) is 10.1. The maximum atomic E-state index is 13.1. The molecule has 0 unspecified atom stereocenters. The molecule has 2 aromatic rings. The molecule has 6 nitrogen and oxygen atoms in total. The molecule has 0 spiro atoms. The first-order chi connectivity index (χ1) is 15.2. The second-order valence-electron chi connectivity index (χ2n) is 9.26. The lowest BCUT2D eigenvalue weighted by molar-refractivity contribution is -0.123. The van der Waals surface area contributed by atoms with Crippen LogP contribution in [0.5, 0.6) is 11.5 Å². The molecule has 0 bridgehead atoms. The molecule has 1 aliphatic rings. The minimum absolute atomic E-state index is 0.0474. The molecule has 1 fully saturated rings. The normalized spacial score (nSPS) is 14.8. The van der Waals surface area contributed by atoms with E-state index in [-0.39, 0.29) is 23.1 Å². The van der Waals surface area contributed by atoms with Gasteiger partial charge in [-0.2, -0.15) is 0 Å². The maximum absolute atomic E-state index is 13.1. The Hall–Kier alpha value is -3.02. The second-order valence-corrected chi connectivity index (χ2v) is 9.26. The van der Waals surface area contributed by atoms with Gasteiger partial charge in [0.2, 0.25) is 5.91 Å². The zero-order valence-electron chi connectivity index (χ0n) is 19.5. The van der Waals surface area contributed by atoms with Crippen LogP contribution in [0.2, 0.25) is 0 Å². The SMILES string of the molecule is CCOc1ccc(C(=O)N2CCC(C(N)=O)CC2)cc1COc1ccccc1C(C)(C)C. The Morgan fingerprint density at radius 2 is 1.72 bits per heavy atom. The van der Waals surface area contributed by atoms with Crippen molar-refractivity contribution in [1.29, 1.82) is 0 Å². The highest BCUT2D eigenvalue weighted by atomic mass is 16.5. The number of hydrogen-bond acceptors (Lipinski definition) is 4. The molecule has 0 aromatic heterocycles. The molecule has 0 radical (unpaired) electrons. The first-order valence-corrected chi connectivity index (χ1v) is 11.3. The van der Waals surface area contributed by atoms with Gasteiger partial charge in [-0.3, -0.25) is 9.59 Å². The third-order valence-corrected chi connectivity index (χ3v) is 5.87. The molecule has 1 aliphatic heterocycles. The standard InChI is InChI=1S/C26H34N2O4/c1-5-31-22-11-10-19(25(30)28-14-12-18(13-15-28)24(27)29)16-20(22)17-32-23-9-7-6-8-21(23)26(2,3)4/h6-11,16,18H,5,12-15,17H2,1-4H3,(H2,27,29). The number of rotatable bonds is 7. The fourth-order valence-corrected chi connectivity index (χ4v) is 4.04. The van der Waals surface area contributed by atoms with E-state index in [4.69, 9.17) is 15.2 Å². The number of ether oxygens (including phenoxy) is 2. The molecule has 1 saturated heterocycles. The highest BCUT2D eigenvalue weighted by Crippen LogP contribution is 2.32. The van der Waals surface area contributed by atoms with Crippen molar-refractivity contribution in [3.8, 4) is 11.5 Å². The average molecular weight is 439 g/mol. The molecule has 6 heteroatoms. The van der Waals surface area contributed by atoms with Gasteiger partial charge in [0.05, 0.1) is 6.61 Å². The Morgan fingerprint density at radius 1 is 1.03 bits per heavy atom. The van der Waals surface area contributed by atoms with Crippen molar-refractivity contribution in [2.75, 3.05) is 19.7 Å². The Morgan fingerprint density at radius 3 is 2.34 bits per heavy atom. The number of carbonyl (C=O) groups excluding carboxylic acids is 2. The van der Waals surface area contributed by atoms with Crippen molar-refractivity contribution in [1.82, 2.24) is 4.90 Å². The van der Waals surface area contributed by atoms with Gasteiger partial charge >= 0.3 is 0 Å². The number of carbonyl (C=O) groups is 2. The number of piperidine rings is 1. The summed E-state index contributed by atoms with van der Waals surface area (Å²) in [6, 6.07) is 13.5. The zero-order chi connectivity index (χ0) is 23.3. The van der Waals surface area contributed by atoms with Gasteiger partial charge in [-0.1, -0.05) is 39.0 Å². The molecule has 0 saturated carbocycles. The van der Waals surface area contributed by atoms with Crippen LogP contribution in [0.4, 0.5) is 0 Å². The van der Waals surface area contributed by atoms with Crippen LogP contribution in [0, 0.1) is 5.92 Å². The molecular weight excluding hydrogens is 404 g/mol. The van der Waals surface area contributed by atoms with Crippen molar-refractivity contribution in [2.24, 2.45) is 11.7 Å². The van der Waals surface area contributed by atoms with Crippen LogP contribution in [0.1, 0.15) is 62.0 Å². The average Bonchev–Trinajstić information content (AvgIpc) is 2.77. The van der Waals surface area contributed by atoms with E-state index in [0.29, 0.717) is 50.5 Å². The van der Waals surface area contributed by atoms with Crippen molar-refractivity contribution in [3.63, 3.8) is 0 Å². The number of para-hydroxylation sites is 1. The first-order valence-electron chi connectivity index (χ1n) is 11.3. The summed E-state index contributed by atoms with van der Waals surface area (Å²) in [7, 11) is 0. The van der Waals surface area contributed by atoms with Gasteiger partial charge in [-0.15, -0.1) is 0 Å². The number of nitrogens with two attached hydrogens (primary N) is 1. The van der Waals surface area contributed by atoms with Gasteiger partial charge in [-0.05, 0) is 55.0 Å².